The van der Waals surface area contributed by atoms with Crippen LogP contribution in [0.2, 0.25) is 0 Å². The monoisotopic (exact) mass is 262 g/mol. The fourth-order valence-electron chi connectivity index (χ4n) is 2.22. The van der Waals surface area contributed by atoms with Crippen molar-refractivity contribution < 1.29 is 4.79 Å². The van der Waals surface area contributed by atoms with Crippen molar-refractivity contribution in [3.8, 4) is 0 Å². The molecule has 0 bridgehead atoms. The number of fused-ring (bicyclic) bond motifs is 1. The lowest BCUT2D eigenvalue weighted by atomic mass is 10.1. The van der Waals surface area contributed by atoms with Gasteiger partial charge in [0, 0.05) is 34.4 Å². The molecule has 0 saturated heterocycles. The Bertz CT molecular complexity index is 799. The molecule has 3 heteroatoms. The van der Waals surface area contributed by atoms with Gasteiger partial charge in [-0.2, -0.15) is 0 Å². The Balaban J connectivity index is 2.01. The first-order chi connectivity index (χ1) is 9.75. The first-order valence-corrected chi connectivity index (χ1v) is 6.46. The van der Waals surface area contributed by atoms with Gasteiger partial charge in [-0.25, -0.2) is 0 Å². The van der Waals surface area contributed by atoms with Crippen molar-refractivity contribution in [3.63, 3.8) is 0 Å². The third kappa shape index (κ3) is 2.26. The zero-order valence-corrected chi connectivity index (χ0v) is 11.1. The Labute approximate surface area is 117 Å². The lowest BCUT2D eigenvalue weighted by Crippen LogP contribution is -1.91. The number of para-hydroxylation sites is 2. The van der Waals surface area contributed by atoms with Crippen LogP contribution in [0.3, 0.4) is 0 Å². The van der Waals surface area contributed by atoms with Crippen molar-refractivity contribution in [3.05, 3.63) is 65.9 Å². The molecule has 2 aromatic carbocycles. The highest BCUT2D eigenvalue weighted by atomic mass is 16.1. The zero-order chi connectivity index (χ0) is 13.9. The minimum Gasteiger partial charge on any atom is -0.361 e. The number of nitrogens with one attached hydrogen (secondary N) is 1. The topological polar surface area (TPSA) is 45.2 Å². The summed E-state index contributed by atoms with van der Waals surface area (Å²) < 4.78 is 0. The van der Waals surface area contributed by atoms with E-state index in [1.54, 1.807) is 19.2 Å². The molecule has 0 radical (unpaired) electrons. The number of Topliss-reactive ketones (excluding diaryl/α,β-unsaturated/α-hetero) is 1. The first-order valence-electron chi connectivity index (χ1n) is 6.46. The van der Waals surface area contributed by atoms with Crippen molar-refractivity contribution in [1.29, 1.82) is 0 Å². The third-order valence-electron chi connectivity index (χ3n) is 3.25. The van der Waals surface area contributed by atoms with Crippen molar-refractivity contribution in [1.82, 2.24) is 4.98 Å². The van der Waals surface area contributed by atoms with E-state index in [2.05, 4.69) is 9.98 Å². The first kappa shape index (κ1) is 12.4. The molecule has 3 aromatic rings. The molecule has 0 saturated carbocycles. The Morgan fingerprint density at radius 2 is 1.85 bits per heavy atom. The highest BCUT2D eigenvalue weighted by Crippen LogP contribution is 2.21. The summed E-state index contributed by atoms with van der Waals surface area (Å²) in [5, 5.41) is 1.12. The maximum Gasteiger partial charge on any atom is 0.161 e. The molecule has 20 heavy (non-hydrogen) atoms. The van der Waals surface area contributed by atoms with Gasteiger partial charge < -0.3 is 4.98 Å². The number of nitrogens with zero attached hydrogens (tertiary/aromatic N) is 1. The van der Waals surface area contributed by atoms with Gasteiger partial charge in [0.1, 0.15) is 0 Å². The molecule has 0 aliphatic carbocycles. The van der Waals surface area contributed by atoms with Gasteiger partial charge >= 0.3 is 0 Å². The maximum absolute atomic E-state index is 11.6. The Kier molecular flexibility index (Phi) is 3.17. The van der Waals surface area contributed by atoms with Gasteiger partial charge in [-0.3, -0.25) is 9.79 Å². The normalized spacial score (nSPS) is 11.2. The summed E-state index contributed by atoms with van der Waals surface area (Å²) in [4.78, 5) is 19.2. The van der Waals surface area contributed by atoms with Crippen LogP contribution < -0.4 is 0 Å². The number of H-pyrrole nitrogens is 1. The van der Waals surface area contributed by atoms with Crippen LogP contribution in [0, 0.1) is 0 Å². The summed E-state index contributed by atoms with van der Waals surface area (Å²) in [6, 6.07) is 15.4. The van der Waals surface area contributed by atoms with Crippen LogP contribution in [0.25, 0.3) is 10.9 Å². The van der Waals surface area contributed by atoms with Crippen molar-refractivity contribution in [2.45, 2.75) is 6.92 Å². The predicted octanol–water partition coefficient (Wildman–Crippen LogP) is 4.12. The Morgan fingerprint density at radius 1 is 1.10 bits per heavy atom. The lowest BCUT2D eigenvalue weighted by molar-refractivity contribution is 0.101. The summed E-state index contributed by atoms with van der Waals surface area (Å²) in [5.74, 6) is 0.0247. The molecular weight excluding hydrogens is 248 g/mol. The minimum atomic E-state index is 0.0247. The highest BCUT2D eigenvalue weighted by molar-refractivity contribution is 6.02. The number of benzene rings is 2. The molecule has 0 atom stereocenters. The van der Waals surface area contributed by atoms with E-state index in [0.29, 0.717) is 11.3 Å². The number of carbonyl (C=O) groups excluding carboxylic acids is 1. The van der Waals surface area contributed by atoms with Crippen molar-refractivity contribution in [2.75, 3.05) is 0 Å². The second-order valence-electron chi connectivity index (χ2n) is 4.62. The third-order valence-corrected chi connectivity index (χ3v) is 3.25. The van der Waals surface area contributed by atoms with E-state index in [4.69, 9.17) is 0 Å². The zero-order valence-electron chi connectivity index (χ0n) is 11.1. The maximum atomic E-state index is 11.6. The van der Waals surface area contributed by atoms with Crippen LogP contribution in [0.15, 0.2) is 59.7 Å². The molecule has 3 rings (SSSR count). The van der Waals surface area contributed by atoms with Gasteiger partial charge in [-0.05, 0) is 25.1 Å². The summed E-state index contributed by atoms with van der Waals surface area (Å²) >= 11 is 0. The summed E-state index contributed by atoms with van der Waals surface area (Å²) in [6.07, 6.45) is 3.71. The molecule has 0 aliphatic heterocycles. The van der Waals surface area contributed by atoms with E-state index in [9.17, 15) is 4.79 Å². The second-order valence-corrected chi connectivity index (χ2v) is 4.62. The predicted molar refractivity (Wildman–Crippen MR) is 82.0 cm³/mol. The number of ketones is 1. The van der Waals surface area contributed by atoms with Crippen LogP contribution in [-0.2, 0) is 0 Å². The largest absolute Gasteiger partial charge is 0.361 e. The number of rotatable bonds is 3. The molecule has 1 heterocycles. The van der Waals surface area contributed by atoms with Crippen LogP contribution in [0.1, 0.15) is 22.8 Å². The second kappa shape index (κ2) is 5.13. The molecular formula is C17H14N2O. The van der Waals surface area contributed by atoms with E-state index in [1.807, 2.05) is 48.7 Å². The number of aromatic nitrogens is 1. The number of hydrogen-bond acceptors (Lipinski definition) is 2. The molecule has 0 fully saturated rings. The van der Waals surface area contributed by atoms with E-state index in [0.717, 1.165) is 16.5 Å². The molecule has 0 spiro atoms. The fraction of sp³-hybridized carbons (Fsp3) is 0.0588. The van der Waals surface area contributed by atoms with E-state index >= 15 is 0 Å². The fourth-order valence-corrected chi connectivity index (χ4v) is 2.22. The molecule has 98 valence electrons. The molecule has 1 N–H and O–H groups in total. The number of aromatic amines is 1. The number of aliphatic imine (C=N–C) groups is 1. The van der Waals surface area contributed by atoms with Crippen LogP contribution in [-0.4, -0.2) is 17.0 Å². The summed E-state index contributed by atoms with van der Waals surface area (Å²) in [6.45, 7) is 1.56. The van der Waals surface area contributed by atoms with Gasteiger partial charge in [0.15, 0.2) is 5.78 Å². The van der Waals surface area contributed by atoms with Gasteiger partial charge in [-0.15, -0.1) is 0 Å². The Hall–Kier alpha value is -2.68. The summed E-state index contributed by atoms with van der Waals surface area (Å²) in [5.41, 5.74) is 3.43. The van der Waals surface area contributed by atoms with E-state index < -0.39 is 0 Å². The molecule has 0 aliphatic rings. The van der Waals surface area contributed by atoms with Crippen molar-refractivity contribution in [2.24, 2.45) is 4.99 Å². The minimum absolute atomic E-state index is 0.0247. The van der Waals surface area contributed by atoms with Crippen LogP contribution in [0.5, 0.6) is 0 Å². The molecule has 3 nitrogen and oxygen atoms in total. The number of carbonyl (C=O) groups is 1. The van der Waals surface area contributed by atoms with Crippen LogP contribution >= 0.6 is 0 Å². The standard InChI is InChI=1S/C17H14N2O/c1-12(20)14-6-2-4-8-16(14)18-10-13-11-19-17-9-5-3-7-15(13)17/h2-11,19H,1H3. The average Bonchev–Trinajstić information content (AvgIpc) is 2.88. The lowest BCUT2D eigenvalue weighted by Gasteiger charge is -2.00. The summed E-state index contributed by atoms with van der Waals surface area (Å²) in [7, 11) is 0. The van der Waals surface area contributed by atoms with E-state index in [1.165, 1.54) is 0 Å². The highest BCUT2D eigenvalue weighted by Gasteiger charge is 2.05. The van der Waals surface area contributed by atoms with Gasteiger partial charge in [-0.1, -0.05) is 30.3 Å². The molecule has 1 aromatic heterocycles. The quantitative estimate of drug-likeness (QED) is 0.560. The number of hydrogen-bond donors (Lipinski definition) is 1. The Morgan fingerprint density at radius 3 is 2.70 bits per heavy atom. The van der Waals surface area contributed by atoms with Crippen molar-refractivity contribution >= 4 is 28.6 Å². The van der Waals surface area contributed by atoms with Gasteiger partial charge in [0.05, 0.1) is 5.69 Å². The molecule has 0 unspecified atom stereocenters. The van der Waals surface area contributed by atoms with Gasteiger partial charge in [0.25, 0.3) is 0 Å². The smallest absolute Gasteiger partial charge is 0.161 e. The molecule has 0 amide bonds. The van der Waals surface area contributed by atoms with E-state index in [-0.39, 0.29) is 5.78 Å². The SMILES string of the molecule is CC(=O)c1ccccc1N=Cc1c[nH]c2ccccc12. The van der Waals surface area contributed by atoms with Crippen LogP contribution in [0.4, 0.5) is 5.69 Å². The average molecular weight is 262 g/mol. The van der Waals surface area contributed by atoms with Gasteiger partial charge in [0.2, 0.25) is 0 Å².